The van der Waals surface area contributed by atoms with Crippen molar-refractivity contribution in [2.75, 3.05) is 25.6 Å². The summed E-state index contributed by atoms with van der Waals surface area (Å²) in [5.41, 5.74) is 0.0573. The molecule has 1 aromatic carbocycles. The van der Waals surface area contributed by atoms with Crippen molar-refractivity contribution in [3.63, 3.8) is 0 Å². The van der Waals surface area contributed by atoms with Gasteiger partial charge in [0.25, 0.3) is 0 Å². The standard InChI is InChI=1S/C14H19ClN2O4/c1-9-4-5-10(6-11(9)15)17-13(19)12(18)16-7-14(2,20)8-21-3/h4-6,20H,7-8H2,1-3H3,(H,16,18)(H,17,19). The molecule has 1 aromatic rings. The zero-order valence-electron chi connectivity index (χ0n) is 12.2. The van der Waals surface area contributed by atoms with E-state index in [9.17, 15) is 14.7 Å². The summed E-state index contributed by atoms with van der Waals surface area (Å²) in [7, 11) is 1.43. The van der Waals surface area contributed by atoms with Gasteiger partial charge in [0.15, 0.2) is 0 Å². The molecule has 0 fully saturated rings. The molecule has 6 nitrogen and oxygen atoms in total. The lowest BCUT2D eigenvalue weighted by Gasteiger charge is -2.22. The van der Waals surface area contributed by atoms with Crippen molar-refractivity contribution in [3.8, 4) is 0 Å². The van der Waals surface area contributed by atoms with E-state index in [1.807, 2.05) is 6.92 Å². The first-order chi connectivity index (χ1) is 9.75. The Kier molecular flexibility index (Phi) is 6.14. The fourth-order valence-corrected chi connectivity index (χ4v) is 1.75. The van der Waals surface area contributed by atoms with Gasteiger partial charge in [-0.05, 0) is 31.5 Å². The molecule has 7 heteroatoms. The lowest BCUT2D eigenvalue weighted by molar-refractivity contribution is -0.137. The quantitative estimate of drug-likeness (QED) is 0.710. The van der Waals surface area contributed by atoms with E-state index in [2.05, 4.69) is 10.6 Å². The van der Waals surface area contributed by atoms with Crippen molar-refractivity contribution in [2.45, 2.75) is 19.4 Å². The van der Waals surface area contributed by atoms with E-state index in [0.717, 1.165) is 5.56 Å². The van der Waals surface area contributed by atoms with Crippen LogP contribution in [0.5, 0.6) is 0 Å². The molecular formula is C14H19ClN2O4. The van der Waals surface area contributed by atoms with Crippen LogP contribution >= 0.6 is 11.6 Å². The molecule has 116 valence electrons. The van der Waals surface area contributed by atoms with Gasteiger partial charge in [0.05, 0.1) is 6.61 Å². The largest absolute Gasteiger partial charge is 0.386 e. The van der Waals surface area contributed by atoms with Crippen LogP contribution in [0.1, 0.15) is 12.5 Å². The molecule has 0 bridgehead atoms. The number of hydrogen-bond acceptors (Lipinski definition) is 4. The van der Waals surface area contributed by atoms with Crippen LogP contribution in [0.3, 0.4) is 0 Å². The summed E-state index contributed by atoms with van der Waals surface area (Å²) >= 11 is 5.93. The molecule has 2 amide bonds. The first-order valence-electron chi connectivity index (χ1n) is 6.32. The second-order valence-electron chi connectivity index (χ2n) is 5.03. The van der Waals surface area contributed by atoms with Crippen molar-refractivity contribution in [1.29, 1.82) is 0 Å². The summed E-state index contributed by atoms with van der Waals surface area (Å²) in [6, 6.07) is 4.94. The van der Waals surface area contributed by atoms with Crippen LogP contribution < -0.4 is 10.6 Å². The first-order valence-corrected chi connectivity index (χ1v) is 6.69. The molecule has 21 heavy (non-hydrogen) atoms. The van der Waals surface area contributed by atoms with Gasteiger partial charge < -0.3 is 20.5 Å². The van der Waals surface area contributed by atoms with Gasteiger partial charge in [-0.2, -0.15) is 0 Å². The predicted octanol–water partition coefficient (Wildman–Crippen LogP) is 1.10. The molecular weight excluding hydrogens is 296 g/mol. The minimum atomic E-state index is -1.24. The van der Waals surface area contributed by atoms with E-state index in [-0.39, 0.29) is 13.2 Å². The number of benzene rings is 1. The fourth-order valence-electron chi connectivity index (χ4n) is 1.57. The smallest absolute Gasteiger partial charge is 0.313 e. The monoisotopic (exact) mass is 314 g/mol. The highest BCUT2D eigenvalue weighted by Crippen LogP contribution is 2.19. The van der Waals surface area contributed by atoms with Crippen LogP contribution in [0, 0.1) is 6.92 Å². The normalized spacial score (nSPS) is 13.4. The van der Waals surface area contributed by atoms with E-state index in [0.29, 0.717) is 10.7 Å². The Morgan fingerprint density at radius 2 is 2.05 bits per heavy atom. The number of amides is 2. The minimum absolute atomic E-state index is 0.0441. The van der Waals surface area contributed by atoms with Gasteiger partial charge in [0, 0.05) is 24.4 Å². The average molecular weight is 315 g/mol. The Morgan fingerprint density at radius 1 is 1.38 bits per heavy atom. The van der Waals surface area contributed by atoms with E-state index in [4.69, 9.17) is 16.3 Å². The van der Waals surface area contributed by atoms with Gasteiger partial charge in [0.1, 0.15) is 5.60 Å². The first kappa shape index (κ1) is 17.4. The predicted molar refractivity (Wildman–Crippen MR) is 80.3 cm³/mol. The molecule has 0 radical (unpaired) electrons. The summed E-state index contributed by atoms with van der Waals surface area (Å²) in [4.78, 5) is 23.3. The maximum atomic E-state index is 11.7. The van der Waals surface area contributed by atoms with Crippen molar-refractivity contribution in [2.24, 2.45) is 0 Å². The Balaban J connectivity index is 2.55. The SMILES string of the molecule is COCC(C)(O)CNC(=O)C(=O)Nc1ccc(C)c(Cl)c1. The number of aryl methyl sites for hydroxylation is 1. The van der Waals surface area contributed by atoms with Crippen molar-refractivity contribution in [1.82, 2.24) is 5.32 Å². The van der Waals surface area contributed by atoms with Crippen molar-refractivity contribution < 1.29 is 19.4 Å². The highest BCUT2D eigenvalue weighted by molar-refractivity contribution is 6.39. The minimum Gasteiger partial charge on any atom is -0.386 e. The van der Waals surface area contributed by atoms with Crippen LogP contribution in [-0.2, 0) is 14.3 Å². The molecule has 1 atom stereocenters. The highest BCUT2D eigenvalue weighted by atomic mass is 35.5. The number of nitrogens with one attached hydrogen (secondary N) is 2. The number of ether oxygens (including phenoxy) is 1. The molecule has 0 aromatic heterocycles. The van der Waals surface area contributed by atoms with Gasteiger partial charge in [-0.3, -0.25) is 9.59 Å². The molecule has 1 unspecified atom stereocenters. The van der Waals surface area contributed by atoms with E-state index < -0.39 is 17.4 Å². The van der Waals surface area contributed by atoms with Crippen LogP contribution in [0.4, 0.5) is 5.69 Å². The average Bonchev–Trinajstić information content (AvgIpc) is 2.40. The molecule has 0 spiro atoms. The van der Waals surface area contributed by atoms with Gasteiger partial charge in [-0.25, -0.2) is 0 Å². The summed E-state index contributed by atoms with van der Waals surface area (Å²) in [5, 5.41) is 15.1. The maximum Gasteiger partial charge on any atom is 0.313 e. The lowest BCUT2D eigenvalue weighted by atomic mass is 10.1. The van der Waals surface area contributed by atoms with Gasteiger partial charge in [0.2, 0.25) is 0 Å². The summed E-state index contributed by atoms with van der Waals surface area (Å²) < 4.78 is 4.80. The fraction of sp³-hybridized carbons (Fsp3) is 0.429. The van der Waals surface area contributed by atoms with Gasteiger partial charge in [-0.1, -0.05) is 17.7 Å². The molecule has 3 N–H and O–H groups in total. The van der Waals surface area contributed by atoms with Gasteiger partial charge >= 0.3 is 11.8 Å². The van der Waals surface area contributed by atoms with Crippen LogP contribution in [0.15, 0.2) is 18.2 Å². The second-order valence-corrected chi connectivity index (χ2v) is 5.44. The van der Waals surface area contributed by atoms with E-state index in [1.54, 1.807) is 18.2 Å². The van der Waals surface area contributed by atoms with E-state index in [1.165, 1.54) is 14.0 Å². The lowest BCUT2D eigenvalue weighted by Crippen LogP contribution is -2.46. The van der Waals surface area contributed by atoms with Crippen LogP contribution in [-0.4, -0.2) is 42.8 Å². The Bertz CT molecular complexity index is 532. The maximum absolute atomic E-state index is 11.7. The molecule has 0 aliphatic rings. The summed E-state index contributed by atoms with van der Waals surface area (Å²) in [6.07, 6.45) is 0. The molecule has 0 aliphatic heterocycles. The molecule has 0 saturated carbocycles. The Labute approximate surface area is 128 Å². The van der Waals surface area contributed by atoms with Crippen molar-refractivity contribution >= 4 is 29.1 Å². The van der Waals surface area contributed by atoms with Crippen molar-refractivity contribution in [3.05, 3.63) is 28.8 Å². The molecule has 0 aliphatic carbocycles. The Hall–Kier alpha value is -1.63. The number of methoxy groups -OCH3 is 1. The molecule has 1 rings (SSSR count). The molecule has 0 saturated heterocycles. The topological polar surface area (TPSA) is 87.7 Å². The molecule has 0 heterocycles. The van der Waals surface area contributed by atoms with Crippen LogP contribution in [0.25, 0.3) is 0 Å². The summed E-state index contributed by atoms with van der Waals surface area (Å²) in [6.45, 7) is 3.27. The summed E-state index contributed by atoms with van der Waals surface area (Å²) in [5.74, 6) is -1.67. The van der Waals surface area contributed by atoms with E-state index >= 15 is 0 Å². The van der Waals surface area contributed by atoms with Crippen LogP contribution in [0.2, 0.25) is 5.02 Å². The third kappa shape index (κ3) is 5.71. The number of halogens is 1. The zero-order chi connectivity index (χ0) is 16.0. The zero-order valence-corrected chi connectivity index (χ0v) is 13.0. The Morgan fingerprint density at radius 3 is 2.62 bits per heavy atom. The number of rotatable bonds is 5. The third-order valence-electron chi connectivity index (χ3n) is 2.72. The number of aliphatic hydroxyl groups is 1. The number of anilines is 1. The van der Waals surface area contributed by atoms with Gasteiger partial charge in [-0.15, -0.1) is 0 Å². The highest BCUT2D eigenvalue weighted by Gasteiger charge is 2.23. The number of carbonyl (C=O) groups excluding carboxylic acids is 2. The second kappa shape index (κ2) is 7.40. The number of carbonyl (C=O) groups is 2. The third-order valence-corrected chi connectivity index (χ3v) is 3.13. The number of hydrogen-bond donors (Lipinski definition) is 3.